The minimum Gasteiger partial charge on any atom is -0.258 e. The molecule has 2 rings (SSSR count). The normalized spacial score (nSPS) is 11.0. The van der Waals surface area contributed by atoms with Crippen LogP contribution in [0.3, 0.4) is 0 Å². The number of halogens is 1. The van der Waals surface area contributed by atoms with E-state index in [0.29, 0.717) is 5.65 Å². The number of aryl methyl sites for hydroxylation is 1. The fourth-order valence-electron chi connectivity index (χ4n) is 0.714. The highest BCUT2D eigenvalue weighted by Gasteiger charge is 2.08. The number of nitrogens with zero attached hydrogens (tertiary/aromatic N) is 4. The molecular formula is C4H3BrN4S. The summed E-state index contributed by atoms with van der Waals surface area (Å²) in [7, 11) is 1.86. The van der Waals surface area contributed by atoms with Crippen LogP contribution >= 0.6 is 27.5 Å². The van der Waals surface area contributed by atoms with E-state index < -0.39 is 0 Å². The van der Waals surface area contributed by atoms with Gasteiger partial charge in [-0.3, -0.25) is 4.68 Å². The summed E-state index contributed by atoms with van der Waals surface area (Å²) in [6, 6.07) is 0. The molecule has 0 unspecified atom stereocenters. The van der Waals surface area contributed by atoms with Gasteiger partial charge < -0.3 is 0 Å². The Balaban J connectivity index is 2.95. The third-order valence-corrected chi connectivity index (χ3v) is 3.08. The van der Waals surface area contributed by atoms with Crippen LogP contribution in [0, 0.1) is 0 Å². The Morgan fingerprint density at radius 2 is 2.40 bits per heavy atom. The lowest BCUT2D eigenvalue weighted by molar-refractivity contribution is 0.755. The van der Waals surface area contributed by atoms with Crippen LogP contribution in [-0.2, 0) is 7.05 Å². The van der Waals surface area contributed by atoms with E-state index in [9.17, 15) is 0 Å². The summed E-state index contributed by atoms with van der Waals surface area (Å²) in [5, 5.41) is 7.89. The molecule has 10 heavy (non-hydrogen) atoms. The summed E-state index contributed by atoms with van der Waals surface area (Å²) in [5.74, 6) is 0. The largest absolute Gasteiger partial charge is 0.258 e. The maximum atomic E-state index is 4.08. The third-order valence-electron chi connectivity index (χ3n) is 1.19. The van der Waals surface area contributed by atoms with Crippen LogP contribution in [-0.4, -0.2) is 19.4 Å². The molecule has 0 aromatic carbocycles. The second kappa shape index (κ2) is 2.00. The standard InChI is InChI=1S/C4H3BrN4S/c1-9-3(5)2-4(7-9)6-8-10-2/h1H3. The van der Waals surface area contributed by atoms with Crippen molar-refractivity contribution < 1.29 is 0 Å². The van der Waals surface area contributed by atoms with Gasteiger partial charge in [-0.2, -0.15) is 0 Å². The molecule has 2 aromatic heterocycles. The molecule has 0 saturated heterocycles. The lowest BCUT2D eigenvalue weighted by Crippen LogP contribution is -1.89. The Bertz CT molecular complexity index is 364. The molecule has 0 N–H and O–H groups in total. The summed E-state index contributed by atoms with van der Waals surface area (Å²) in [6.07, 6.45) is 0. The van der Waals surface area contributed by atoms with Gasteiger partial charge >= 0.3 is 0 Å². The van der Waals surface area contributed by atoms with E-state index in [4.69, 9.17) is 0 Å². The van der Waals surface area contributed by atoms with E-state index in [2.05, 4.69) is 30.6 Å². The molecule has 52 valence electrons. The van der Waals surface area contributed by atoms with Crippen molar-refractivity contribution in [2.45, 2.75) is 0 Å². The van der Waals surface area contributed by atoms with Crippen LogP contribution < -0.4 is 0 Å². The van der Waals surface area contributed by atoms with Crippen LogP contribution in [0.1, 0.15) is 0 Å². The molecule has 0 amide bonds. The summed E-state index contributed by atoms with van der Waals surface area (Å²) < 4.78 is 7.43. The van der Waals surface area contributed by atoms with Crippen molar-refractivity contribution in [1.29, 1.82) is 0 Å². The van der Waals surface area contributed by atoms with Gasteiger partial charge in [0.15, 0.2) is 0 Å². The SMILES string of the molecule is Cn1nc2nnsc2c1Br. The van der Waals surface area contributed by atoms with Crippen molar-refractivity contribution in [1.82, 2.24) is 19.4 Å². The van der Waals surface area contributed by atoms with E-state index in [-0.39, 0.29) is 0 Å². The zero-order chi connectivity index (χ0) is 7.14. The number of hydrogen-bond acceptors (Lipinski definition) is 4. The van der Waals surface area contributed by atoms with E-state index >= 15 is 0 Å². The molecule has 0 spiro atoms. The van der Waals surface area contributed by atoms with Crippen molar-refractivity contribution in [2.75, 3.05) is 0 Å². The molecule has 0 aliphatic rings. The summed E-state index contributed by atoms with van der Waals surface area (Å²) >= 11 is 4.70. The Labute approximate surface area is 69.1 Å². The second-order valence-electron chi connectivity index (χ2n) is 1.84. The summed E-state index contributed by atoms with van der Waals surface area (Å²) in [5.41, 5.74) is 0.708. The fraction of sp³-hybridized carbons (Fsp3) is 0.250. The van der Waals surface area contributed by atoms with Gasteiger partial charge in [0.25, 0.3) is 0 Å². The Kier molecular flexibility index (Phi) is 1.24. The Morgan fingerprint density at radius 3 is 3.10 bits per heavy atom. The number of rotatable bonds is 0. The van der Waals surface area contributed by atoms with Crippen molar-refractivity contribution in [2.24, 2.45) is 7.05 Å². The van der Waals surface area contributed by atoms with Crippen molar-refractivity contribution in [3.63, 3.8) is 0 Å². The van der Waals surface area contributed by atoms with Gasteiger partial charge in [-0.15, -0.1) is 10.2 Å². The predicted octanol–water partition coefficient (Wildman–Crippen LogP) is 1.19. The molecule has 0 fully saturated rings. The minimum atomic E-state index is 0.708. The smallest absolute Gasteiger partial charge is 0.216 e. The summed E-state index contributed by atoms with van der Waals surface area (Å²) in [6.45, 7) is 0. The minimum absolute atomic E-state index is 0.708. The fourth-order valence-corrected chi connectivity index (χ4v) is 1.76. The van der Waals surface area contributed by atoms with E-state index in [1.165, 1.54) is 11.5 Å². The average molecular weight is 219 g/mol. The molecule has 6 heteroatoms. The quantitative estimate of drug-likeness (QED) is 0.668. The first-order valence-corrected chi connectivity index (χ1v) is 4.16. The zero-order valence-corrected chi connectivity index (χ0v) is 7.48. The Hall–Kier alpha value is -0.490. The number of hydrogen-bond donors (Lipinski definition) is 0. The molecule has 0 aliphatic heterocycles. The molecular weight excluding hydrogens is 216 g/mol. The van der Waals surface area contributed by atoms with Gasteiger partial charge in [-0.1, -0.05) is 4.49 Å². The molecule has 0 bridgehead atoms. The molecule has 0 atom stereocenters. The molecule has 0 saturated carbocycles. The van der Waals surface area contributed by atoms with Crippen LogP contribution in [0.5, 0.6) is 0 Å². The maximum absolute atomic E-state index is 4.08. The first-order chi connectivity index (χ1) is 4.79. The van der Waals surface area contributed by atoms with Gasteiger partial charge in [0.1, 0.15) is 9.30 Å². The predicted molar refractivity (Wildman–Crippen MR) is 41.9 cm³/mol. The maximum Gasteiger partial charge on any atom is 0.216 e. The number of fused-ring (bicyclic) bond motifs is 1. The third kappa shape index (κ3) is 0.688. The zero-order valence-electron chi connectivity index (χ0n) is 5.08. The molecule has 2 aromatic rings. The van der Waals surface area contributed by atoms with E-state index in [1.807, 2.05) is 7.05 Å². The van der Waals surface area contributed by atoms with Crippen molar-refractivity contribution in [3.8, 4) is 0 Å². The van der Waals surface area contributed by atoms with Gasteiger partial charge in [-0.25, -0.2) is 0 Å². The first-order valence-electron chi connectivity index (χ1n) is 2.59. The lowest BCUT2D eigenvalue weighted by Gasteiger charge is -1.86. The van der Waals surface area contributed by atoms with Crippen LogP contribution in [0.25, 0.3) is 10.3 Å². The topological polar surface area (TPSA) is 43.6 Å². The monoisotopic (exact) mass is 218 g/mol. The molecule has 4 nitrogen and oxygen atoms in total. The Morgan fingerprint density at radius 1 is 1.60 bits per heavy atom. The van der Waals surface area contributed by atoms with Crippen LogP contribution in [0.4, 0.5) is 0 Å². The van der Waals surface area contributed by atoms with Crippen LogP contribution in [0.2, 0.25) is 0 Å². The van der Waals surface area contributed by atoms with Crippen LogP contribution in [0.15, 0.2) is 4.60 Å². The van der Waals surface area contributed by atoms with Crippen molar-refractivity contribution in [3.05, 3.63) is 4.60 Å². The van der Waals surface area contributed by atoms with Crippen molar-refractivity contribution >= 4 is 37.8 Å². The highest BCUT2D eigenvalue weighted by molar-refractivity contribution is 9.10. The van der Waals surface area contributed by atoms with Gasteiger partial charge in [0.2, 0.25) is 5.65 Å². The van der Waals surface area contributed by atoms with E-state index in [1.54, 1.807) is 4.68 Å². The first kappa shape index (κ1) is 6.23. The van der Waals surface area contributed by atoms with Gasteiger partial charge in [0, 0.05) is 7.05 Å². The number of aromatic nitrogens is 4. The average Bonchev–Trinajstić information content (AvgIpc) is 2.41. The highest BCUT2D eigenvalue weighted by Crippen LogP contribution is 2.23. The summed E-state index contributed by atoms with van der Waals surface area (Å²) in [4.78, 5) is 0. The molecule has 0 aliphatic carbocycles. The van der Waals surface area contributed by atoms with E-state index in [0.717, 1.165) is 9.30 Å². The second-order valence-corrected chi connectivity index (χ2v) is 3.35. The lowest BCUT2D eigenvalue weighted by atomic mass is 10.7. The molecule has 0 radical (unpaired) electrons. The molecule has 2 heterocycles. The van der Waals surface area contributed by atoms with Gasteiger partial charge in [-0.05, 0) is 27.5 Å². The highest BCUT2D eigenvalue weighted by atomic mass is 79.9. The van der Waals surface area contributed by atoms with Gasteiger partial charge in [0.05, 0.1) is 0 Å².